The zero-order valence-corrected chi connectivity index (χ0v) is 13.0. The Balaban J connectivity index is 2.21. The Bertz CT molecular complexity index is 438. The molecule has 1 saturated carbocycles. The van der Waals surface area contributed by atoms with Crippen molar-refractivity contribution in [1.29, 1.82) is 0 Å². The zero-order valence-electron chi connectivity index (χ0n) is 13.0. The molecule has 1 aromatic rings. The van der Waals surface area contributed by atoms with Gasteiger partial charge in [-0.2, -0.15) is 5.10 Å². The lowest BCUT2D eigenvalue weighted by molar-refractivity contribution is 0.151. The normalized spacial score (nSPS) is 25.2. The maximum atomic E-state index is 5.92. The van der Waals surface area contributed by atoms with Gasteiger partial charge in [-0.25, -0.2) is 0 Å². The van der Waals surface area contributed by atoms with E-state index < -0.39 is 0 Å². The molecule has 0 spiro atoms. The van der Waals surface area contributed by atoms with Crippen LogP contribution in [0.3, 0.4) is 0 Å². The van der Waals surface area contributed by atoms with E-state index in [1.165, 1.54) is 30.5 Å². The van der Waals surface area contributed by atoms with Crippen LogP contribution in [0.2, 0.25) is 0 Å². The highest BCUT2D eigenvalue weighted by Crippen LogP contribution is 2.34. The third-order valence-electron chi connectivity index (χ3n) is 5.04. The number of aromatic nitrogens is 2. The van der Waals surface area contributed by atoms with Gasteiger partial charge in [0.1, 0.15) is 0 Å². The minimum atomic E-state index is 0.408. The zero-order chi connectivity index (χ0) is 14.2. The lowest BCUT2D eigenvalue weighted by Gasteiger charge is -2.34. The summed E-state index contributed by atoms with van der Waals surface area (Å²) in [5, 5.41) is 4.55. The van der Waals surface area contributed by atoms with Gasteiger partial charge < -0.3 is 5.73 Å². The first-order valence-corrected chi connectivity index (χ1v) is 7.39. The summed E-state index contributed by atoms with van der Waals surface area (Å²) < 4.78 is 1.99. The smallest absolute Gasteiger partial charge is 0.0644 e. The quantitative estimate of drug-likeness (QED) is 0.906. The SMILES string of the molecule is Cc1nn(C)c(C)c1C(C)N(C)C1CCCC1CN. The van der Waals surface area contributed by atoms with Crippen LogP contribution in [-0.2, 0) is 7.05 Å². The lowest BCUT2D eigenvalue weighted by Crippen LogP contribution is -2.39. The molecule has 1 aliphatic rings. The Kier molecular flexibility index (Phi) is 4.31. The van der Waals surface area contributed by atoms with Gasteiger partial charge in [-0.05, 0) is 53.1 Å². The van der Waals surface area contributed by atoms with E-state index in [0.717, 1.165) is 12.2 Å². The molecule has 19 heavy (non-hydrogen) atoms. The topological polar surface area (TPSA) is 47.1 Å². The molecule has 4 heteroatoms. The van der Waals surface area contributed by atoms with E-state index in [0.29, 0.717) is 18.0 Å². The summed E-state index contributed by atoms with van der Waals surface area (Å²) in [6, 6.07) is 1.03. The predicted octanol–water partition coefficient (Wildman–Crippen LogP) is 2.16. The van der Waals surface area contributed by atoms with Gasteiger partial charge in [0.2, 0.25) is 0 Å². The molecular weight excluding hydrogens is 236 g/mol. The van der Waals surface area contributed by atoms with Crippen LogP contribution >= 0.6 is 0 Å². The minimum absolute atomic E-state index is 0.408. The van der Waals surface area contributed by atoms with Gasteiger partial charge in [0.25, 0.3) is 0 Å². The van der Waals surface area contributed by atoms with E-state index >= 15 is 0 Å². The number of rotatable bonds is 4. The summed E-state index contributed by atoms with van der Waals surface area (Å²) >= 11 is 0. The van der Waals surface area contributed by atoms with Gasteiger partial charge >= 0.3 is 0 Å². The lowest BCUT2D eigenvalue weighted by atomic mass is 9.98. The maximum absolute atomic E-state index is 5.92. The number of aryl methyl sites for hydroxylation is 2. The van der Waals surface area contributed by atoms with Crippen LogP contribution in [0.1, 0.15) is 49.2 Å². The van der Waals surface area contributed by atoms with Crippen molar-refractivity contribution in [3.8, 4) is 0 Å². The molecule has 0 aliphatic heterocycles. The third kappa shape index (κ3) is 2.56. The van der Waals surface area contributed by atoms with Crippen molar-refractivity contribution in [1.82, 2.24) is 14.7 Å². The monoisotopic (exact) mass is 264 g/mol. The van der Waals surface area contributed by atoms with Gasteiger partial charge in [-0.3, -0.25) is 9.58 Å². The summed E-state index contributed by atoms with van der Waals surface area (Å²) in [5.41, 5.74) is 9.74. The molecule has 1 aromatic heterocycles. The van der Waals surface area contributed by atoms with Crippen LogP contribution in [-0.4, -0.2) is 34.3 Å². The van der Waals surface area contributed by atoms with Crippen molar-refractivity contribution in [2.75, 3.05) is 13.6 Å². The predicted molar refractivity (Wildman–Crippen MR) is 79.0 cm³/mol. The Morgan fingerprint density at radius 1 is 1.42 bits per heavy atom. The van der Waals surface area contributed by atoms with Gasteiger partial charge in [-0.15, -0.1) is 0 Å². The fourth-order valence-corrected chi connectivity index (χ4v) is 3.71. The Morgan fingerprint density at radius 2 is 2.11 bits per heavy atom. The third-order valence-corrected chi connectivity index (χ3v) is 5.04. The molecule has 2 rings (SSSR count). The summed E-state index contributed by atoms with van der Waals surface area (Å²) in [6.45, 7) is 7.38. The van der Waals surface area contributed by atoms with Crippen molar-refractivity contribution in [2.45, 2.75) is 52.1 Å². The summed E-state index contributed by atoms with van der Waals surface area (Å²) in [6.07, 6.45) is 3.87. The largest absolute Gasteiger partial charge is 0.330 e. The van der Waals surface area contributed by atoms with E-state index in [4.69, 9.17) is 5.73 Å². The van der Waals surface area contributed by atoms with Gasteiger partial charge in [0, 0.05) is 30.4 Å². The van der Waals surface area contributed by atoms with Crippen molar-refractivity contribution in [3.63, 3.8) is 0 Å². The fourth-order valence-electron chi connectivity index (χ4n) is 3.71. The number of nitrogens with zero attached hydrogens (tertiary/aromatic N) is 3. The van der Waals surface area contributed by atoms with Crippen LogP contribution in [0.25, 0.3) is 0 Å². The van der Waals surface area contributed by atoms with E-state index in [-0.39, 0.29) is 0 Å². The molecule has 1 heterocycles. The molecule has 0 aromatic carbocycles. The van der Waals surface area contributed by atoms with Crippen LogP contribution in [0.4, 0.5) is 0 Å². The molecule has 4 nitrogen and oxygen atoms in total. The molecule has 3 atom stereocenters. The first kappa shape index (κ1) is 14.5. The Morgan fingerprint density at radius 3 is 2.63 bits per heavy atom. The van der Waals surface area contributed by atoms with Crippen molar-refractivity contribution < 1.29 is 0 Å². The molecule has 1 fully saturated rings. The molecular formula is C15H28N4. The maximum Gasteiger partial charge on any atom is 0.0644 e. The highest BCUT2D eigenvalue weighted by atomic mass is 15.3. The molecule has 0 bridgehead atoms. The summed E-state index contributed by atoms with van der Waals surface area (Å²) in [5.74, 6) is 0.657. The van der Waals surface area contributed by atoms with Crippen LogP contribution in [0.5, 0.6) is 0 Å². The van der Waals surface area contributed by atoms with E-state index in [1.54, 1.807) is 0 Å². The van der Waals surface area contributed by atoms with Crippen LogP contribution in [0, 0.1) is 19.8 Å². The van der Waals surface area contributed by atoms with Gasteiger partial charge in [0.15, 0.2) is 0 Å². The Labute approximate surface area is 117 Å². The number of hydrogen-bond donors (Lipinski definition) is 1. The minimum Gasteiger partial charge on any atom is -0.330 e. The van der Waals surface area contributed by atoms with E-state index in [1.807, 2.05) is 11.7 Å². The Hall–Kier alpha value is -0.870. The average Bonchev–Trinajstić information content (AvgIpc) is 2.94. The molecule has 108 valence electrons. The molecule has 1 aliphatic carbocycles. The van der Waals surface area contributed by atoms with Crippen LogP contribution in [0.15, 0.2) is 0 Å². The molecule has 0 amide bonds. The van der Waals surface area contributed by atoms with Crippen molar-refractivity contribution in [2.24, 2.45) is 18.7 Å². The second-order valence-corrected chi connectivity index (χ2v) is 6.04. The standard InChI is InChI=1S/C15H28N4/c1-10-15(12(3)19(5)17-10)11(2)18(4)14-8-6-7-13(14)9-16/h11,13-14H,6-9,16H2,1-5H3. The molecule has 3 unspecified atom stereocenters. The van der Waals surface area contributed by atoms with Gasteiger partial charge in [0.05, 0.1) is 5.69 Å². The first-order chi connectivity index (χ1) is 8.97. The fraction of sp³-hybridized carbons (Fsp3) is 0.800. The highest BCUT2D eigenvalue weighted by Gasteiger charge is 2.33. The summed E-state index contributed by atoms with van der Waals surface area (Å²) in [4.78, 5) is 2.52. The van der Waals surface area contributed by atoms with Crippen molar-refractivity contribution in [3.05, 3.63) is 17.0 Å². The van der Waals surface area contributed by atoms with Crippen molar-refractivity contribution >= 4 is 0 Å². The number of hydrogen-bond acceptors (Lipinski definition) is 3. The average molecular weight is 264 g/mol. The second kappa shape index (κ2) is 5.63. The van der Waals surface area contributed by atoms with E-state index in [2.05, 4.69) is 37.8 Å². The first-order valence-electron chi connectivity index (χ1n) is 7.39. The van der Waals surface area contributed by atoms with E-state index in [9.17, 15) is 0 Å². The molecule has 0 radical (unpaired) electrons. The molecule has 0 saturated heterocycles. The van der Waals surface area contributed by atoms with Crippen LogP contribution < -0.4 is 5.73 Å². The van der Waals surface area contributed by atoms with Gasteiger partial charge in [-0.1, -0.05) is 6.42 Å². The second-order valence-electron chi connectivity index (χ2n) is 6.04. The number of nitrogens with two attached hydrogens (primary N) is 1. The summed E-state index contributed by atoms with van der Waals surface area (Å²) in [7, 11) is 4.27. The molecule has 2 N–H and O–H groups in total. The highest BCUT2D eigenvalue weighted by molar-refractivity contribution is 5.27.